The molecule has 0 atom stereocenters. The Labute approximate surface area is 80.1 Å². The van der Waals surface area contributed by atoms with E-state index >= 15 is 0 Å². The number of rotatable bonds is 1. The molecular formula is C8H6N2O3S. The zero-order valence-corrected chi connectivity index (χ0v) is 7.77. The van der Waals surface area contributed by atoms with Crippen molar-refractivity contribution in [1.29, 1.82) is 0 Å². The van der Waals surface area contributed by atoms with E-state index in [1.165, 1.54) is 24.5 Å². The summed E-state index contributed by atoms with van der Waals surface area (Å²) in [5, 5.41) is 8.64. The molecule has 0 saturated heterocycles. The van der Waals surface area contributed by atoms with Crippen molar-refractivity contribution in [1.82, 2.24) is 10.2 Å². The van der Waals surface area contributed by atoms with Gasteiger partial charge in [-0.3, -0.25) is 4.55 Å². The van der Waals surface area contributed by atoms with Gasteiger partial charge in [0, 0.05) is 10.8 Å². The number of fused-ring (bicyclic) bond motifs is 1. The van der Waals surface area contributed by atoms with Crippen molar-refractivity contribution in [3.8, 4) is 0 Å². The van der Waals surface area contributed by atoms with Gasteiger partial charge in [-0.2, -0.15) is 18.6 Å². The summed E-state index contributed by atoms with van der Waals surface area (Å²) in [4.78, 5) is -0.141. The minimum atomic E-state index is -4.14. The van der Waals surface area contributed by atoms with Gasteiger partial charge < -0.3 is 0 Å². The maximum absolute atomic E-state index is 10.8. The van der Waals surface area contributed by atoms with Crippen molar-refractivity contribution in [3.63, 3.8) is 0 Å². The normalized spacial score (nSPS) is 11.8. The van der Waals surface area contributed by atoms with Crippen molar-refractivity contribution in [3.05, 3.63) is 30.6 Å². The van der Waals surface area contributed by atoms with Gasteiger partial charge in [-0.25, -0.2) is 0 Å². The number of hydrogen-bond acceptors (Lipinski definition) is 4. The Morgan fingerprint density at radius 3 is 2.36 bits per heavy atom. The first-order valence-corrected chi connectivity index (χ1v) is 5.19. The highest BCUT2D eigenvalue weighted by Crippen LogP contribution is 2.16. The molecule has 0 amide bonds. The molecule has 14 heavy (non-hydrogen) atoms. The average Bonchev–Trinajstić information content (AvgIpc) is 2.16. The van der Waals surface area contributed by atoms with Gasteiger partial charge >= 0.3 is 0 Å². The second kappa shape index (κ2) is 3.00. The summed E-state index contributed by atoms with van der Waals surface area (Å²) in [6.45, 7) is 0. The van der Waals surface area contributed by atoms with E-state index in [4.69, 9.17) is 4.55 Å². The molecule has 0 aliphatic carbocycles. The number of aromatic nitrogens is 2. The van der Waals surface area contributed by atoms with Crippen molar-refractivity contribution in [2.24, 2.45) is 0 Å². The maximum atomic E-state index is 10.8. The third kappa shape index (κ3) is 1.57. The molecule has 0 radical (unpaired) electrons. The van der Waals surface area contributed by atoms with E-state index in [0.717, 1.165) is 5.39 Å². The first-order valence-electron chi connectivity index (χ1n) is 3.75. The second-order valence-corrected chi connectivity index (χ2v) is 4.18. The summed E-state index contributed by atoms with van der Waals surface area (Å²) >= 11 is 0. The van der Waals surface area contributed by atoms with Crippen LogP contribution in [0.2, 0.25) is 0 Å². The van der Waals surface area contributed by atoms with Crippen molar-refractivity contribution >= 4 is 20.9 Å². The highest BCUT2D eigenvalue weighted by atomic mass is 32.2. The van der Waals surface area contributed by atoms with E-state index < -0.39 is 10.1 Å². The molecule has 5 nitrogen and oxygen atoms in total. The fourth-order valence-corrected chi connectivity index (χ4v) is 1.65. The lowest BCUT2D eigenvalue weighted by Gasteiger charge is -1.98. The molecule has 0 fully saturated rings. The Morgan fingerprint density at radius 2 is 1.71 bits per heavy atom. The maximum Gasteiger partial charge on any atom is 0.294 e. The van der Waals surface area contributed by atoms with Gasteiger partial charge in [-0.1, -0.05) is 6.07 Å². The van der Waals surface area contributed by atoms with Crippen LogP contribution >= 0.6 is 0 Å². The Hall–Kier alpha value is -1.53. The molecule has 1 aromatic carbocycles. The molecular weight excluding hydrogens is 204 g/mol. The Balaban J connectivity index is 2.75. The molecule has 0 aliphatic rings. The van der Waals surface area contributed by atoms with Crippen LogP contribution in [0, 0.1) is 0 Å². The molecule has 2 aromatic rings. The predicted molar refractivity (Wildman–Crippen MR) is 49.4 cm³/mol. The largest absolute Gasteiger partial charge is 0.294 e. The standard InChI is InChI=1S/C8H6N2O3S/c11-14(12,13)8-2-1-6-4-9-10-5-7(6)3-8/h1-5H,(H,11,12,13). The molecule has 2 rings (SSSR count). The van der Waals surface area contributed by atoms with Crippen molar-refractivity contribution in [2.45, 2.75) is 4.90 Å². The molecule has 0 bridgehead atoms. The van der Waals surface area contributed by atoms with Gasteiger partial charge in [0.1, 0.15) is 0 Å². The molecule has 0 spiro atoms. The minimum Gasteiger partial charge on any atom is -0.282 e. The monoisotopic (exact) mass is 210 g/mol. The van der Waals surface area contributed by atoms with E-state index in [1.807, 2.05) is 0 Å². The smallest absolute Gasteiger partial charge is 0.282 e. The molecule has 6 heteroatoms. The first-order chi connectivity index (χ1) is 6.57. The second-order valence-electron chi connectivity index (χ2n) is 2.75. The third-order valence-electron chi connectivity index (χ3n) is 1.82. The summed E-state index contributed by atoms with van der Waals surface area (Å²) in [7, 11) is -4.14. The highest BCUT2D eigenvalue weighted by Gasteiger charge is 2.09. The summed E-state index contributed by atoms with van der Waals surface area (Å²) in [6, 6.07) is 4.23. The van der Waals surface area contributed by atoms with E-state index in [2.05, 4.69) is 10.2 Å². The molecule has 72 valence electrons. The van der Waals surface area contributed by atoms with Crippen molar-refractivity contribution < 1.29 is 13.0 Å². The van der Waals surface area contributed by atoms with Gasteiger partial charge in [0.05, 0.1) is 17.3 Å². The molecule has 0 unspecified atom stereocenters. The van der Waals surface area contributed by atoms with E-state index in [1.54, 1.807) is 6.07 Å². The lowest BCUT2D eigenvalue weighted by atomic mass is 10.2. The Bertz CT molecular complexity index is 580. The van der Waals surface area contributed by atoms with Crippen LogP contribution in [0.3, 0.4) is 0 Å². The van der Waals surface area contributed by atoms with Crippen LogP contribution in [0.4, 0.5) is 0 Å². The molecule has 1 N–H and O–H groups in total. The topological polar surface area (TPSA) is 80.2 Å². The zero-order chi connectivity index (χ0) is 10.2. The molecule has 1 aromatic heterocycles. The summed E-state index contributed by atoms with van der Waals surface area (Å²) < 4.78 is 30.4. The summed E-state index contributed by atoms with van der Waals surface area (Å²) in [5.41, 5.74) is 0. The van der Waals surface area contributed by atoms with Gasteiger partial charge in [-0.05, 0) is 12.1 Å². The molecule has 0 saturated carbocycles. The predicted octanol–water partition coefficient (Wildman–Crippen LogP) is 0.877. The van der Waals surface area contributed by atoms with Gasteiger partial charge in [-0.15, -0.1) is 0 Å². The van der Waals surface area contributed by atoms with Gasteiger partial charge in [0.15, 0.2) is 0 Å². The Morgan fingerprint density at radius 1 is 1.07 bits per heavy atom. The molecule has 0 aliphatic heterocycles. The number of nitrogens with zero attached hydrogens (tertiary/aromatic N) is 2. The third-order valence-corrected chi connectivity index (χ3v) is 2.67. The fraction of sp³-hybridized carbons (Fsp3) is 0. The van der Waals surface area contributed by atoms with Crippen LogP contribution in [-0.2, 0) is 10.1 Å². The lowest BCUT2D eigenvalue weighted by Crippen LogP contribution is -1.97. The van der Waals surface area contributed by atoms with Crippen LogP contribution in [0.1, 0.15) is 0 Å². The number of benzene rings is 1. The lowest BCUT2D eigenvalue weighted by molar-refractivity contribution is 0.483. The SMILES string of the molecule is O=S(=O)(O)c1ccc2cnncc2c1. The van der Waals surface area contributed by atoms with Crippen LogP contribution in [0.15, 0.2) is 35.5 Å². The van der Waals surface area contributed by atoms with E-state index in [-0.39, 0.29) is 4.90 Å². The number of hydrogen-bond donors (Lipinski definition) is 1. The fourth-order valence-electron chi connectivity index (χ4n) is 1.13. The minimum absolute atomic E-state index is 0.141. The van der Waals surface area contributed by atoms with Crippen LogP contribution < -0.4 is 0 Å². The highest BCUT2D eigenvalue weighted by molar-refractivity contribution is 7.85. The van der Waals surface area contributed by atoms with Crippen LogP contribution in [0.25, 0.3) is 10.8 Å². The average molecular weight is 210 g/mol. The van der Waals surface area contributed by atoms with E-state index in [0.29, 0.717) is 5.39 Å². The van der Waals surface area contributed by atoms with Crippen molar-refractivity contribution in [2.75, 3.05) is 0 Å². The summed E-state index contributed by atoms with van der Waals surface area (Å²) in [6.07, 6.45) is 2.95. The quantitative estimate of drug-likeness (QED) is 0.706. The Kier molecular flexibility index (Phi) is 1.94. The van der Waals surface area contributed by atoms with Crippen LogP contribution in [-0.4, -0.2) is 23.2 Å². The summed E-state index contributed by atoms with van der Waals surface area (Å²) in [5.74, 6) is 0. The zero-order valence-electron chi connectivity index (χ0n) is 6.95. The van der Waals surface area contributed by atoms with Gasteiger partial charge in [0.2, 0.25) is 0 Å². The van der Waals surface area contributed by atoms with Crippen LogP contribution in [0.5, 0.6) is 0 Å². The molecule has 1 heterocycles. The van der Waals surface area contributed by atoms with Gasteiger partial charge in [0.25, 0.3) is 10.1 Å². The first kappa shape index (κ1) is 9.04. The van der Waals surface area contributed by atoms with E-state index in [9.17, 15) is 8.42 Å².